The molecule has 0 bridgehead atoms. The Morgan fingerprint density at radius 2 is 1.91 bits per heavy atom. The average molecular weight is 498 g/mol. The lowest BCUT2D eigenvalue weighted by Gasteiger charge is -2.14. The van der Waals surface area contributed by atoms with Gasteiger partial charge in [-0.2, -0.15) is 0 Å². The van der Waals surface area contributed by atoms with Gasteiger partial charge in [0, 0.05) is 10.9 Å². The van der Waals surface area contributed by atoms with Crippen molar-refractivity contribution in [3.8, 4) is 5.69 Å². The highest BCUT2D eigenvalue weighted by atomic mass is 32.2. The number of benzene rings is 2. The van der Waals surface area contributed by atoms with Gasteiger partial charge in [-0.3, -0.25) is 14.2 Å². The van der Waals surface area contributed by atoms with Gasteiger partial charge in [0.1, 0.15) is 16.5 Å². The maximum atomic E-state index is 13.9. The summed E-state index contributed by atoms with van der Waals surface area (Å²) in [6.07, 6.45) is 3.99. The number of nitrogens with one attached hydrogen (secondary N) is 1. The number of rotatable bonds is 5. The first-order valence-electron chi connectivity index (χ1n) is 10.9. The SMILES string of the molecule is Cc1ccc(-n2c(SCC(=O)Nc3ccc(F)cc3F)nc3sc4c(c3c2=O)CCCC4)cc1. The monoisotopic (exact) mass is 497 g/mol. The van der Waals surface area contributed by atoms with E-state index < -0.39 is 17.5 Å². The summed E-state index contributed by atoms with van der Waals surface area (Å²) in [7, 11) is 0. The number of hydrogen-bond donors (Lipinski definition) is 1. The third-order valence-corrected chi connectivity index (χ3v) is 7.91. The van der Waals surface area contributed by atoms with Gasteiger partial charge < -0.3 is 5.32 Å². The normalized spacial score (nSPS) is 13.1. The van der Waals surface area contributed by atoms with E-state index in [2.05, 4.69) is 5.32 Å². The lowest BCUT2D eigenvalue weighted by atomic mass is 9.97. The number of amides is 1. The van der Waals surface area contributed by atoms with Crippen LogP contribution in [0.4, 0.5) is 14.5 Å². The number of carbonyl (C=O) groups is 1. The molecule has 174 valence electrons. The molecule has 2 aromatic heterocycles. The van der Waals surface area contributed by atoms with Crippen molar-refractivity contribution in [1.29, 1.82) is 0 Å². The van der Waals surface area contributed by atoms with Crippen molar-refractivity contribution < 1.29 is 13.6 Å². The van der Waals surface area contributed by atoms with Crippen molar-refractivity contribution >= 4 is 44.9 Å². The number of nitrogens with zero attached hydrogens (tertiary/aromatic N) is 2. The fraction of sp³-hybridized carbons (Fsp3) is 0.240. The second kappa shape index (κ2) is 9.31. The van der Waals surface area contributed by atoms with E-state index in [-0.39, 0.29) is 17.0 Å². The zero-order chi connectivity index (χ0) is 23.8. The van der Waals surface area contributed by atoms with Crippen molar-refractivity contribution in [3.63, 3.8) is 0 Å². The van der Waals surface area contributed by atoms with Crippen molar-refractivity contribution in [2.45, 2.75) is 37.8 Å². The van der Waals surface area contributed by atoms with Gasteiger partial charge in [0.05, 0.1) is 22.5 Å². The second-order valence-electron chi connectivity index (χ2n) is 8.22. The number of thioether (sulfide) groups is 1. The van der Waals surface area contributed by atoms with E-state index in [1.165, 1.54) is 10.9 Å². The minimum absolute atomic E-state index is 0.0916. The summed E-state index contributed by atoms with van der Waals surface area (Å²) in [4.78, 5) is 32.9. The molecule has 34 heavy (non-hydrogen) atoms. The van der Waals surface area contributed by atoms with E-state index in [0.717, 1.165) is 54.6 Å². The van der Waals surface area contributed by atoms with Crippen LogP contribution in [0.25, 0.3) is 15.9 Å². The molecule has 2 aromatic carbocycles. The van der Waals surface area contributed by atoms with Gasteiger partial charge in [-0.25, -0.2) is 13.8 Å². The number of aryl methyl sites for hydroxylation is 3. The van der Waals surface area contributed by atoms with Gasteiger partial charge in [0.2, 0.25) is 5.91 Å². The molecule has 9 heteroatoms. The van der Waals surface area contributed by atoms with Crippen LogP contribution in [0.5, 0.6) is 0 Å². The molecule has 0 saturated heterocycles. The standard InChI is InChI=1S/C25H21F2N3O2S2/c1-14-6-9-16(10-7-14)30-24(32)22-17-4-2-3-5-20(17)34-23(22)29-25(30)33-13-21(31)28-19-11-8-15(26)12-18(19)27/h6-12H,2-5,13H2,1H3,(H,28,31). The highest BCUT2D eigenvalue weighted by molar-refractivity contribution is 7.99. The van der Waals surface area contributed by atoms with E-state index in [0.29, 0.717) is 27.1 Å². The lowest BCUT2D eigenvalue weighted by molar-refractivity contribution is -0.113. The van der Waals surface area contributed by atoms with Crippen LogP contribution in [-0.4, -0.2) is 21.2 Å². The van der Waals surface area contributed by atoms with Gasteiger partial charge in [-0.1, -0.05) is 29.5 Å². The van der Waals surface area contributed by atoms with Gasteiger partial charge >= 0.3 is 0 Å². The largest absolute Gasteiger partial charge is 0.323 e. The molecule has 0 aliphatic heterocycles. The van der Waals surface area contributed by atoms with E-state index in [1.54, 1.807) is 15.9 Å². The van der Waals surface area contributed by atoms with Crippen LogP contribution in [0.2, 0.25) is 0 Å². The molecule has 2 heterocycles. The predicted octanol–water partition coefficient (Wildman–Crippen LogP) is 5.64. The Kier molecular flexibility index (Phi) is 6.22. The predicted molar refractivity (Wildman–Crippen MR) is 132 cm³/mol. The molecule has 0 fully saturated rings. The van der Waals surface area contributed by atoms with E-state index in [1.807, 2.05) is 31.2 Å². The lowest BCUT2D eigenvalue weighted by Crippen LogP contribution is -2.23. The highest BCUT2D eigenvalue weighted by Crippen LogP contribution is 2.35. The van der Waals surface area contributed by atoms with Gasteiger partial charge in [0.25, 0.3) is 5.56 Å². The minimum Gasteiger partial charge on any atom is -0.323 e. The van der Waals surface area contributed by atoms with Crippen LogP contribution >= 0.6 is 23.1 Å². The molecule has 4 aromatic rings. The van der Waals surface area contributed by atoms with E-state index >= 15 is 0 Å². The van der Waals surface area contributed by atoms with Crippen molar-refractivity contribution in [2.75, 3.05) is 11.1 Å². The third kappa shape index (κ3) is 4.37. The van der Waals surface area contributed by atoms with Crippen molar-refractivity contribution in [3.05, 3.63) is 80.5 Å². The number of anilines is 1. The molecular weight excluding hydrogens is 476 g/mol. The van der Waals surface area contributed by atoms with E-state index in [9.17, 15) is 18.4 Å². The number of fused-ring (bicyclic) bond motifs is 3. The summed E-state index contributed by atoms with van der Waals surface area (Å²) >= 11 is 2.66. The molecule has 1 N–H and O–H groups in total. The van der Waals surface area contributed by atoms with Crippen LogP contribution in [0.15, 0.2) is 52.4 Å². The second-order valence-corrected chi connectivity index (χ2v) is 10.2. The van der Waals surface area contributed by atoms with Crippen LogP contribution < -0.4 is 10.9 Å². The molecule has 5 nitrogen and oxygen atoms in total. The van der Waals surface area contributed by atoms with Crippen LogP contribution in [0.1, 0.15) is 28.8 Å². The Balaban J connectivity index is 1.51. The fourth-order valence-corrected chi connectivity index (χ4v) is 6.23. The maximum absolute atomic E-state index is 13.9. The summed E-state index contributed by atoms with van der Waals surface area (Å²) in [5.41, 5.74) is 2.60. The zero-order valence-corrected chi connectivity index (χ0v) is 20.0. The van der Waals surface area contributed by atoms with Crippen LogP contribution in [0, 0.1) is 18.6 Å². The molecule has 0 unspecified atom stereocenters. The minimum atomic E-state index is -0.848. The Morgan fingerprint density at radius 3 is 2.68 bits per heavy atom. The number of aromatic nitrogens is 2. The fourth-order valence-electron chi connectivity index (χ4n) is 4.11. The maximum Gasteiger partial charge on any atom is 0.267 e. The molecule has 1 aliphatic carbocycles. The summed E-state index contributed by atoms with van der Waals surface area (Å²) in [5.74, 6) is -2.14. The summed E-state index contributed by atoms with van der Waals surface area (Å²) in [6.45, 7) is 1.97. The Labute approximate surface area is 202 Å². The van der Waals surface area contributed by atoms with Crippen molar-refractivity contribution in [2.24, 2.45) is 0 Å². The number of halogens is 2. The topological polar surface area (TPSA) is 64.0 Å². The quantitative estimate of drug-likeness (QED) is 0.286. The number of thiophene rings is 1. The molecule has 0 saturated carbocycles. The Bertz CT molecular complexity index is 1460. The van der Waals surface area contributed by atoms with Gasteiger partial charge in [-0.05, 0) is 62.4 Å². The first-order chi connectivity index (χ1) is 16.4. The third-order valence-electron chi connectivity index (χ3n) is 5.79. The molecule has 0 spiro atoms. The van der Waals surface area contributed by atoms with Gasteiger partial charge in [0.15, 0.2) is 5.16 Å². The average Bonchev–Trinajstić information content (AvgIpc) is 3.19. The number of carbonyl (C=O) groups excluding carboxylic acids is 1. The molecular formula is C25H21F2N3O2S2. The Morgan fingerprint density at radius 1 is 1.15 bits per heavy atom. The summed E-state index contributed by atoms with van der Waals surface area (Å²) in [6, 6.07) is 10.5. The van der Waals surface area contributed by atoms with Crippen LogP contribution in [0.3, 0.4) is 0 Å². The molecule has 1 aliphatic rings. The van der Waals surface area contributed by atoms with Gasteiger partial charge in [-0.15, -0.1) is 11.3 Å². The first-order valence-corrected chi connectivity index (χ1v) is 12.7. The smallest absolute Gasteiger partial charge is 0.267 e. The zero-order valence-electron chi connectivity index (χ0n) is 18.4. The Hall–Kier alpha value is -3.04. The first kappa shape index (κ1) is 22.7. The summed E-state index contributed by atoms with van der Waals surface area (Å²) < 4.78 is 28.6. The molecule has 5 rings (SSSR count). The molecule has 0 atom stereocenters. The van der Waals surface area contributed by atoms with Crippen molar-refractivity contribution in [1.82, 2.24) is 9.55 Å². The molecule has 0 radical (unpaired) electrons. The highest BCUT2D eigenvalue weighted by Gasteiger charge is 2.23. The molecule has 1 amide bonds. The summed E-state index contributed by atoms with van der Waals surface area (Å²) in [5, 5.41) is 3.52. The van der Waals surface area contributed by atoms with Crippen LogP contribution in [-0.2, 0) is 17.6 Å². The number of hydrogen-bond acceptors (Lipinski definition) is 5. The van der Waals surface area contributed by atoms with E-state index in [4.69, 9.17) is 4.98 Å².